The van der Waals surface area contributed by atoms with Gasteiger partial charge in [0.1, 0.15) is 29.3 Å². The molecule has 14 heteroatoms. The van der Waals surface area contributed by atoms with Gasteiger partial charge in [0, 0.05) is 24.2 Å². The Morgan fingerprint density at radius 1 is 1.08 bits per heavy atom. The molecular formula is C25H22F3N7O4. The highest BCUT2D eigenvalue weighted by molar-refractivity contribution is 6.04. The van der Waals surface area contributed by atoms with Crippen molar-refractivity contribution in [3.8, 4) is 23.1 Å². The summed E-state index contributed by atoms with van der Waals surface area (Å²) < 4.78 is 47.3. The Kier molecular flexibility index (Phi) is 7.74. The lowest BCUT2D eigenvalue weighted by molar-refractivity contribution is -0.141. The minimum absolute atomic E-state index is 0.0112. The molecule has 1 aromatic carbocycles. The van der Waals surface area contributed by atoms with Crippen LogP contribution in [0.4, 0.5) is 23.8 Å². The first kappa shape index (κ1) is 27.0. The molecule has 0 saturated heterocycles. The quantitative estimate of drug-likeness (QED) is 0.278. The van der Waals surface area contributed by atoms with Gasteiger partial charge in [0.15, 0.2) is 5.82 Å². The fourth-order valence-electron chi connectivity index (χ4n) is 3.48. The third kappa shape index (κ3) is 6.85. The van der Waals surface area contributed by atoms with Crippen molar-refractivity contribution in [2.45, 2.75) is 32.6 Å². The summed E-state index contributed by atoms with van der Waals surface area (Å²) in [5, 5.41) is 21.5. The van der Waals surface area contributed by atoms with Gasteiger partial charge in [-0.2, -0.15) is 13.2 Å². The van der Waals surface area contributed by atoms with Gasteiger partial charge in [-0.3, -0.25) is 4.79 Å². The van der Waals surface area contributed by atoms with Crippen LogP contribution in [-0.2, 0) is 12.7 Å². The first-order valence-electron chi connectivity index (χ1n) is 11.5. The average molecular weight is 541 g/mol. The third-order valence-corrected chi connectivity index (χ3v) is 5.26. The number of carbonyl (C=O) groups is 2. The number of hydrogen-bond donors (Lipinski definition) is 3. The van der Waals surface area contributed by atoms with Crippen LogP contribution in [0.5, 0.6) is 11.6 Å². The lowest BCUT2D eigenvalue weighted by Gasteiger charge is -2.13. The molecule has 0 unspecified atom stereocenters. The Balaban J connectivity index is 1.53. The van der Waals surface area contributed by atoms with Crippen molar-refractivity contribution in [2.75, 3.05) is 5.32 Å². The number of pyridine rings is 2. The van der Waals surface area contributed by atoms with E-state index in [4.69, 9.17) is 9.84 Å². The van der Waals surface area contributed by atoms with E-state index in [9.17, 15) is 22.8 Å². The number of hydrogen-bond acceptors (Lipinski definition) is 7. The molecule has 0 aliphatic carbocycles. The second kappa shape index (κ2) is 11.2. The van der Waals surface area contributed by atoms with Crippen LogP contribution >= 0.6 is 0 Å². The van der Waals surface area contributed by atoms with Crippen molar-refractivity contribution in [3.05, 3.63) is 77.7 Å². The normalized spacial score (nSPS) is 11.3. The molecule has 4 rings (SSSR count). The molecule has 202 valence electrons. The molecule has 0 spiro atoms. The zero-order valence-corrected chi connectivity index (χ0v) is 20.6. The molecule has 2 amide bonds. The second-order valence-corrected chi connectivity index (χ2v) is 8.50. The molecule has 0 atom stereocenters. The Morgan fingerprint density at radius 3 is 2.56 bits per heavy atom. The minimum Gasteiger partial charge on any atom is -0.465 e. The van der Waals surface area contributed by atoms with Crippen molar-refractivity contribution in [3.63, 3.8) is 0 Å². The minimum atomic E-state index is -4.79. The molecule has 0 aliphatic heterocycles. The first-order valence-corrected chi connectivity index (χ1v) is 11.5. The molecule has 0 radical (unpaired) electrons. The maximum absolute atomic E-state index is 13.3. The maximum atomic E-state index is 13.3. The molecule has 0 saturated carbocycles. The summed E-state index contributed by atoms with van der Waals surface area (Å²) >= 11 is 0. The summed E-state index contributed by atoms with van der Waals surface area (Å²) in [6.45, 7) is 3.55. The van der Waals surface area contributed by atoms with Crippen LogP contribution < -0.4 is 15.4 Å². The van der Waals surface area contributed by atoms with Crippen LogP contribution in [0.15, 0.2) is 60.9 Å². The summed E-state index contributed by atoms with van der Waals surface area (Å²) in [6, 6.07) is 12.7. The molecule has 39 heavy (non-hydrogen) atoms. The number of nitrogens with one attached hydrogen (secondary N) is 2. The van der Waals surface area contributed by atoms with Crippen LogP contribution in [0.3, 0.4) is 0 Å². The van der Waals surface area contributed by atoms with Crippen LogP contribution in [-0.4, -0.2) is 41.8 Å². The summed E-state index contributed by atoms with van der Waals surface area (Å²) in [5.74, 6) is -0.148. The van der Waals surface area contributed by atoms with Crippen LogP contribution in [0, 0.1) is 0 Å². The first-order chi connectivity index (χ1) is 18.5. The Morgan fingerprint density at radius 2 is 1.85 bits per heavy atom. The highest BCUT2D eigenvalue weighted by Gasteiger charge is 2.33. The highest BCUT2D eigenvalue weighted by Crippen LogP contribution is 2.31. The van der Waals surface area contributed by atoms with E-state index >= 15 is 0 Å². The number of alkyl halides is 3. The van der Waals surface area contributed by atoms with E-state index in [1.54, 1.807) is 24.5 Å². The highest BCUT2D eigenvalue weighted by atomic mass is 19.4. The molecule has 3 aromatic heterocycles. The standard InChI is InChI=1S/C25H22F3N7O4/c1-14(2)35-13-30-34-22(35)18-7-4-8-20(31-18)33-23(36)16-5-3-6-17(11-16)39-21-10-15(12-29-24(37)38)9-19(32-21)25(26,27)28/h3-11,13-14,29H,12H2,1-2H3,(H,37,38)(H,31,33,36). The monoisotopic (exact) mass is 541 g/mol. The number of amides is 2. The molecule has 4 aromatic rings. The van der Waals surface area contributed by atoms with Crippen LogP contribution in [0.1, 0.15) is 41.5 Å². The van der Waals surface area contributed by atoms with E-state index in [0.717, 1.165) is 6.07 Å². The van der Waals surface area contributed by atoms with Crippen LogP contribution in [0.2, 0.25) is 0 Å². The van der Waals surface area contributed by atoms with Gasteiger partial charge < -0.3 is 25.0 Å². The van der Waals surface area contributed by atoms with Gasteiger partial charge >= 0.3 is 12.3 Å². The number of benzene rings is 1. The summed E-state index contributed by atoms with van der Waals surface area (Å²) in [7, 11) is 0. The number of ether oxygens (including phenoxy) is 1. The smallest absolute Gasteiger partial charge is 0.433 e. The van der Waals surface area contributed by atoms with Gasteiger partial charge in [0.05, 0.1) is 0 Å². The van der Waals surface area contributed by atoms with Crippen molar-refractivity contribution < 1.29 is 32.6 Å². The number of carboxylic acid groups (broad SMARTS) is 1. The van der Waals surface area contributed by atoms with Crippen molar-refractivity contribution in [1.82, 2.24) is 30.0 Å². The largest absolute Gasteiger partial charge is 0.465 e. The predicted molar refractivity (Wildman–Crippen MR) is 132 cm³/mol. The predicted octanol–water partition coefficient (Wildman–Crippen LogP) is 5.15. The number of anilines is 1. The number of halogens is 3. The number of aromatic nitrogens is 5. The zero-order chi connectivity index (χ0) is 28.2. The topological polar surface area (TPSA) is 144 Å². The Hall–Kier alpha value is -5.01. The van der Waals surface area contributed by atoms with Gasteiger partial charge in [-0.1, -0.05) is 12.1 Å². The van der Waals surface area contributed by atoms with Crippen LogP contribution in [0.25, 0.3) is 11.5 Å². The summed E-state index contributed by atoms with van der Waals surface area (Å²) in [6.07, 6.45) is -4.60. The Labute approximate surface area is 219 Å². The number of nitrogens with zero attached hydrogens (tertiary/aromatic N) is 5. The van der Waals surface area contributed by atoms with Crippen molar-refractivity contribution >= 4 is 17.8 Å². The Bertz CT molecular complexity index is 1510. The van der Waals surface area contributed by atoms with Crippen molar-refractivity contribution in [2.24, 2.45) is 0 Å². The van der Waals surface area contributed by atoms with Gasteiger partial charge in [-0.05, 0) is 55.8 Å². The van der Waals surface area contributed by atoms with Gasteiger partial charge in [0.2, 0.25) is 5.88 Å². The molecule has 3 N–H and O–H groups in total. The van der Waals surface area contributed by atoms with E-state index in [0.29, 0.717) is 11.5 Å². The lowest BCUT2D eigenvalue weighted by Crippen LogP contribution is -2.20. The molecule has 11 nitrogen and oxygen atoms in total. The fraction of sp³-hybridized carbons (Fsp3) is 0.200. The van der Waals surface area contributed by atoms with Gasteiger partial charge in [-0.25, -0.2) is 14.8 Å². The molecular weight excluding hydrogens is 519 g/mol. The number of carbonyl (C=O) groups excluding carboxylic acids is 1. The van der Waals surface area contributed by atoms with E-state index in [-0.39, 0.29) is 35.3 Å². The average Bonchev–Trinajstić information content (AvgIpc) is 3.38. The molecule has 3 heterocycles. The lowest BCUT2D eigenvalue weighted by atomic mass is 10.2. The molecule has 0 bridgehead atoms. The second-order valence-electron chi connectivity index (χ2n) is 8.50. The van der Waals surface area contributed by atoms with E-state index < -0.39 is 29.8 Å². The summed E-state index contributed by atoms with van der Waals surface area (Å²) in [4.78, 5) is 31.6. The third-order valence-electron chi connectivity index (χ3n) is 5.26. The van der Waals surface area contributed by atoms with Crippen molar-refractivity contribution in [1.29, 1.82) is 0 Å². The maximum Gasteiger partial charge on any atom is 0.433 e. The number of rotatable bonds is 8. The van der Waals surface area contributed by atoms with Gasteiger partial charge in [0.25, 0.3) is 5.91 Å². The SMILES string of the molecule is CC(C)n1cnnc1-c1cccc(NC(=O)c2cccc(Oc3cc(CNC(=O)O)cc(C(F)(F)F)n3)c2)n1. The fourth-order valence-corrected chi connectivity index (χ4v) is 3.48. The van der Waals surface area contributed by atoms with Gasteiger partial charge in [-0.15, -0.1) is 10.2 Å². The van der Waals surface area contributed by atoms with E-state index in [1.165, 1.54) is 30.3 Å². The summed E-state index contributed by atoms with van der Waals surface area (Å²) in [5.41, 5.74) is -0.622. The van der Waals surface area contributed by atoms with E-state index in [2.05, 4.69) is 25.5 Å². The molecule has 0 fully saturated rings. The van der Waals surface area contributed by atoms with E-state index in [1.807, 2.05) is 23.7 Å². The zero-order valence-electron chi connectivity index (χ0n) is 20.6. The molecule has 0 aliphatic rings.